The van der Waals surface area contributed by atoms with Crippen LogP contribution in [0.1, 0.15) is 30.2 Å². The van der Waals surface area contributed by atoms with Gasteiger partial charge in [0.1, 0.15) is 0 Å². The number of rotatable bonds is 8. The highest BCUT2D eigenvalue weighted by Crippen LogP contribution is 2.17. The lowest BCUT2D eigenvalue weighted by Gasteiger charge is -1.99. The van der Waals surface area contributed by atoms with Gasteiger partial charge in [0.15, 0.2) is 0 Å². The quantitative estimate of drug-likeness (QED) is 0.462. The van der Waals surface area contributed by atoms with Crippen molar-refractivity contribution in [2.24, 2.45) is 0 Å². The minimum atomic E-state index is 0.502. The first-order valence-corrected chi connectivity index (χ1v) is 7.95. The first-order chi connectivity index (χ1) is 9.33. The maximum Gasteiger partial charge on any atom is 0.210 e. The molecule has 0 aliphatic rings. The highest BCUT2D eigenvalue weighted by atomic mass is 32.1. The second-order valence-corrected chi connectivity index (χ2v) is 5.60. The van der Waals surface area contributed by atoms with Gasteiger partial charge in [-0.2, -0.15) is 17.7 Å². The molecule has 2 aromatic heterocycles. The second-order valence-electron chi connectivity index (χ2n) is 4.25. The van der Waals surface area contributed by atoms with E-state index in [0.29, 0.717) is 5.94 Å². The molecular formula is C13H19N3OS2. The average Bonchev–Trinajstić information content (AvgIpc) is 3.07. The molecule has 0 unspecified atom stereocenters. The summed E-state index contributed by atoms with van der Waals surface area (Å²) in [5.74, 6) is 0.502. The molecule has 0 bridgehead atoms. The van der Waals surface area contributed by atoms with Crippen molar-refractivity contribution in [1.82, 2.24) is 14.8 Å². The van der Waals surface area contributed by atoms with Gasteiger partial charge in [0.25, 0.3) is 0 Å². The molecule has 0 spiro atoms. The first kappa shape index (κ1) is 14.6. The van der Waals surface area contributed by atoms with E-state index in [9.17, 15) is 0 Å². The van der Waals surface area contributed by atoms with E-state index in [2.05, 4.69) is 35.8 Å². The van der Waals surface area contributed by atoms with Crippen LogP contribution < -0.4 is 0 Å². The standard InChI is InChI=1S/C13H19N3OS2/c1-2-12-8-14-13(19-12)16-9-11(7-15-16)5-3-4-6-17-10-18/h7-9,18H,2-6,10H2,1H3. The van der Waals surface area contributed by atoms with Crippen LogP contribution in [0, 0.1) is 0 Å². The summed E-state index contributed by atoms with van der Waals surface area (Å²) in [5, 5.41) is 5.32. The number of nitrogens with zero attached hydrogens (tertiary/aromatic N) is 3. The fourth-order valence-electron chi connectivity index (χ4n) is 1.76. The van der Waals surface area contributed by atoms with Gasteiger partial charge in [-0.3, -0.25) is 0 Å². The third-order valence-electron chi connectivity index (χ3n) is 2.82. The van der Waals surface area contributed by atoms with Crippen LogP contribution in [0.25, 0.3) is 5.13 Å². The van der Waals surface area contributed by atoms with E-state index in [-0.39, 0.29) is 0 Å². The zero-order chi connectivity index (χ0) is 13.5. The molecule has 0 amide bonds. The van der Waals surface area contributed by atoms with Crippen LogP contribution in [-0.2, 0) is 17.6 Å². The third-order valence-corrected chi connectivity index (χ3v) is 4.13. The van der Waals surface area contributed by atoms with Gasteiger partial charge >= 0.3 is 0 Å². The van der Waals surface area contributed by atoms with E-state index in [1.807, 2.05) is 17.1 Å². The molecule has 104 valence electrons. The molecule has 0 fully saturated rings. The van der Waals surface area contributed by atoms with Crippen molar-refractivity contribution in [2.75, 3.05) is 12.5 Å². The van der Waals surface area contributed by atoms with Crippen molar-refractivity contribution in [2.45, 2.75) is 32.6 Å². The summed E-state index contributed by atoms with van der Waals surface area (Å²) in [6, 6.07) is 0. The molecule has 0 N–H and O–H groups in total. The SMILES string of the molecule is CCc1cnc(-n2cc(CCCCOCS)cn2)s1. The minimum absolute atomic E-state index is 0.502. The summed E-state index contributed by atoms with van der Waals surface area (Å²) < 4.78 is 7.06. The van der Waals surface area contributed by atoms with Crippen molar-refractivity contribution in [3.8, 4) is 5.13 Å². The maximum absolute atomic E-state index is 5.20. The number of thiol groups is 1. The monoisotopic (exact) mass is 297 g/mol. The lowest BCUT2D eigenvalue weighted by Crippen LogP contribution is -1.94. The lowest BCUT2D eigenvalue weighted by molar-refractivity contribution is 0.179. The van der Waals surface area contributed by atoms with E-state index in [4.69, 9.17) is 4.74 Å². The average molecular weight is 297 g/mol. The number of hydrogen-bond acceptors (Lipinski definition) is 5. The number of thiazole rings is 1. The van der Waals surface area contributed by atoms with Crippen LogP contribution in [0.15, 0.2) is 18.6 Å². The highest BCUT2D eigenvalue weighted by molar-refractivity contribution is 7.80. The Labute approximate surface area is 123 Å². The van der Waals surface area contributed by atoms with E-state index >= 15 is 0 Å². The van der Waals surface area contributed by atoms with Crippen LogP contribution in [0.5, 0.6) is 0 Å². The van der Waals surface area contributed by atoms with Crippen LogP contribution >= 0.6 is 24.0 Å². The van der Waals surface area contributed by atoms with Crippen LogP contribution in [0.4, 0.5) is 0 Å². The van der Waals surface area contributed by atoms with Gasteiger partial charge < -0.3 is 4.74 Å². The number of aryl methyl sites for hydroxylation is 2. The van der Waals surface area contributed by atoms with Gasteiger partial charge in [-0.1, -0.05) is 18.3 Å². The molecule has 0 radical (unpaired) electrons. The predicted octanol–water partition coefficient (Wildman–Crippen LogP) is 3.12. The molecular weight excluding hydrogens is 278 g/mol. The number of unbranched alkanes of at least 4 members (excludes halogenated alkanes) is 1. The fraction of sp³-hybridized carbons (Fsp3) is 0.538. The van der Waals surface area contributed by atoms with E-state index < -0.39 is 0 Å². The molecule has 0 atom stereocenters. The van der Waals surface area contributed by atoms with E-state index in [1.165, 1.54) is 10.4 Å². The van der Waals surface area contributed by atoms with E-state index in [1.54, 1.807) is 11.3 Å². The molecule has 2 aromatic rings. The molecule has 19 heavy (non-hydrogen) atoms. The smallest absolute Gasteiger partial charge is 0.210 e. The summed E-state index contributed by atoms with van der Waals surface area (Å²) in [4.78, 5) is 5.67. The molecule has 0 aliphatic carbocycles. The Morgan fingerprint density at radius 1 is 1.37 bits per heavy atom. The molecule has 2 rings (SSSR count). The van der Waals surface area contributed by atoms with Crippen molar-refractivity contribution >= 4 is 24.0 Å². The summed E-state index contributed by atoms with van der Waals surface area (Å²) >= 11 is 5.70. The van der Waals surface area contributed by atoms with Crippen molar-refractivity contribution in [3.05, 3.63) is 29.0 Å². The fourth-order valence-corrected chi connectivity index (χ4v) is 2.67. The Hall–Kier alpha value is -0.850. The predicted molar refractivity (Wildman–Crippen MR) is 81.4 cm³/mol. The van der Waals surface area contributed by atoms with Crippen LogP contribution in [0.2, 0.25) is 0 Å². The topological polar surface area (TPSA) is 39.9 Å². The van der Waals surface area contributed by atoms with Gasteiger partial charge in [-0.05, 0) is 31.2 Å². The first-order valence-electron chi connectivity index (χ1n) is 6.50. The van der Waals surface area contributed by atoms with Crippen LogP contribution in [-0.4, -0.2) is 27.3 Å². The van der Waals surface area contributed by atoms with Crippen molar-refractivity contribution in [3.63, 3.8) is 0 Å². The molecule has 0 aliphatic heterocycles. The summed E-state index contributed by atoms with van der Waals surface area (Å²) in [7, 11) is 0. The third kappa shape index (κ3) is 4.33. The Balaban J connectivity index is 1.84. The van der Waals surface area contributed by atoms with Crippen LogP contribution in [0.3, 0.4) is 0 Å². The van der Waals surface area contributed by atoms with Gasteiger partial charge in [0.2, 0.25) is 5.13 Å². The lowest BCUT2D eigenvalue weighted by atomic mass is 10.2. The van der Waals surface area contributed by atoms with Gasteiger partial charge in [-0.25, -0.2) is 9.67 Å². The molecule has 0 saturated heterocycles. The summed E-state index contributed by atoms with van der Waals surface area (Å²) in [6.07, 6.45) is 10.1. The van der Waals surface area contributed by atoms with Gasteiger partial charge in [0, 0.05) is 23.9 Å². The molecule has 4 nitrogen and oxygen atoms in total. The summed E-state index contributed by atoms with van der Waals surface area (Å²) in [5.41, 5.74) is 1.25. The largest absolute Gasteiger partial charge is 0.371 e. The van der Waals surface area contributed by atoms with Gasteiger partial charge in [0.05, 0.1) is 12.1 Å². The Morgan fingerprint density at radius 3 is 3.00 bits per heavy atom. The number of aromatic nitrogens is 3. The normalized spacial score (nSPS) is 11.1. The number of hydrogen-bond donors (Lipinski definition) is 1. The molecule has 0 aromatic carbocycles. The minimum Gasteiger partial charge on any atom is -0.371 e. The Morgan fingerprint density at radius 2 is 2.26 bits per heavy atom. The maximum atomic E-state index is 5.20. The number of ether oxygens (including phenoxy) is 1. The zero-order valence-electron chi connectivity index (χ0n) is 11.1. The molecule has 6 heteroatoms. The van der Waals surface area contributed by atoms with Crippen molar-refractivity contribution in [1.29, 1.82) is 0 Å². The molecule has 2 heterocycles. The zero-order valence-corrected chi connectivity index (χ0v) is 12.8. The Kier molecular flexibility index (Phi) is 5.88. The highest BCUT2D eigenvalue weighted by Gasteiger charge is 2.05. The van der Waals surface area contributed by atoms with Gasteiger partial charge in [-0.15, -0.1) is 0 Å². The summed E-state index contributed by atoms with van der Waals surface area (Å²) in [6.45, 7) is 2.92. The van der Waals surface area contributed by atoms with Crippen molar-refractivity contribution < 1.29 is 4.74 Å². The second kappa shape index (κ2) is 7.67. The van der Waals surface area contributed by atoms with E-state index in [0.717, 1.165) is 37.4 Å². The molecule has 0 saturated carbocycles. The Bertz CT molecular complexity index is 496.